The Bertz CT molecular complexity index is 722. The average Bonchev–Trinajstić information content (AvgIpc) is 2.66. The molecule has 0 fully saturated rings. The molecule has 2 aromatic rings. The van der Waals surface area contributed by atoms with E-state index in [2.05, 4.69) is 9.88 Å². The van der Waals surface area contributed by atoms with Crippen molar-refractivity contribution in [3.63, 3.8) is 0 Å². The predicted molar refractivity (Wildman–Crippen MR) is 66.4 cm³/mol. The second-order valence-corrected chi connectivity index (χ2v) is 5.94. The van der Waals surface area contributed by atoms with Gasteiger partial charge in [-0.3, -0.25) is 0 Å². The second-order valence-electron chi connectivity index (χ2n) is 4.20. The van der Waals surface area contributed by atoms with E-state index >= 15 is 0 Å². The first-order chi connectivity index (χ1) is 9.31. The Morgan fingerprint density at radius 2 is 2.00 bits per heavy atom. The summed E-state index contributed by atoms with van der Waals surface area (Å²) in [4.78, 5) is -0.606. The van der Waals surface area contributed by atoms with Crippen molar-refractivity contribution in [1.82, 2.24) is 9.88 Å². The van der Waals surface area contributed by atoms with Crippen molar-refractivity contribution >= 4 is 10.0 Å². The van der Waals surface area contributed by atoms with E-state index in [1.54, 1.807) is 13.8 Å². The summed E-state index contributed by atoms with van der Waals surface area (Å²) in [5.74, 6) is -1.51. The van der Waals surface area contributed by atoms with E-state index in [9.17, 15) is 17.2 Å². The van der Waals surface area contributed by atoms with E-state index in [4.69, 9.17) is 4.52 Å². The summed E-state index contributed by atoms with van der Waals surface area (Å²) < 4.78 is 57.3. The van der Waals surface area contributed by atoms with Crippen molar-refractivity contribution in [3.05, 3.63) is 46.9 Å². The number of nitrogens with zero attached hydrogens (tertiary/aromatic N) is 1. The Kier molecular flexibility index (Phi) is 3.87. The van der Waals surface area contributed by atoms with Gasteiger partial charge in [-0.05, 0) is 26.0 Å². The molecule has 8 heteroatoms. The van der Waals surface area contributed by atoms with E-state index in [0.717, 1.165) is 12.1 Å². The van der Waals surface area contributed by atoms with Crippen LogP contribution in [0, 0.1) is 25.5 Å². The summed E-state index contributed by atoms with van der Waals surface area (Å²) in [5, 5.41) is 3.69. The van der Waals surface area contributed by atoms with Gasteiger partial charge in [-0.2, -0.15) is 0 Å². The normalized spacial score (nSPS) is 11.8. The maximum Gasteiger partial charge on any atom is 0.243 e. The van der Waals surface area contributed by atoms with Crippen LogP contribution in [0.3, 0.4) is 0 Å². The third-order valence-corrected chi connectivity index (χ3v) is 4.24. The van der Waals surface area contributed by atoms with Gasteiger partial charge < -0.3 is 4.52 Å². The molecule has 0 aliphatic carbocycles. The van der Waals surface area contributed by atoms with Crippen LogP contribution in [-0.2, 0) is 16.6 Å². The van der Waals surface area contributed by atoms with Crippen molar-refractivity contribution < 1.29 is 21.7 Å². The fourth-order valence-corrected chi connectivity index (χ4v) is 2.75. The summed E-state index contributed by atoms with van der Waals surface area (Å²) in [6, 6.07) is 2.28. The Morgan fingerprint density at radius 3 is 2.55 bits per heavy atom. The van der Waals surface area contributed by atoms with Crippen LogP contribution < -0.4 is 4.72 Å². The Balaban J connectivity index is 2.24. The molecule has 0 aliphatic heterocycles. The third-order valence-electron chi connectivity index (χ3n) is 2.80. The number of aromatic nitrogens is 1. The van der Waals surface area contributed by atoms with Gasteiger partial charge >= 0.3 is 0 Å². The molecule has 0 bridgehead atoms. The fourth-order valence-electron chi connectivity index (χ4n) is 1.69. The molecule has 108 valence electrons. The largest absolute Gasteiger partial charge is 0.361 e. The van der Waals surface area contributed by atoms with E-state index < -0.39 is 26.6 Å². The van der Waals surface area contributed by atoms with Gasteiger partial charge in [0.15, 0.2) is 0 Å². The summed E-state index contributed by atoms with van der Waals surface area (Å²) in [6.45, 7) is 3.22. The molecule has 20 heavy (non-hydrogen) atoms. The summed E-state index contributed by atoms with van der Waals surface area (Å²) in [5.41, 5.74) is 1.13. The molecule has 0 radical (unpaired) electrons. The number of sulfonamides is 1. The highest BCUT2D eigenvalue weighted by atomic mass is 32.2. The first kappa shape index (κ1) is 14.6. The van der Waals surface area contributed by atoms with E-state index in [1.807, 2.05) is 0 Å². The quantitative estimate of drug-likeness (QED) is 0.938. The van der Waals surface area contributed by atoms with Crippen molar-refractivity contribution in [2.24, 2.45) is 0 Å². The molecule has 0 aliphatic rings. The molecular weight excluding hydrogens is 290 g/mol. The highest BCUT2D eigenvalue weighted by molar-refractivity contribution is 7.89. The van der Waals surface area contributed by atoms with Crippen molar-refractivity contribution in [3.8, 4) is 0 Å². The maximum absolute atomic E-state index is 13.5. The minimum atomic E-state index is -4.08. The minimum Gasteiger partial charge on any atom is -0.361 e. The molecule has 1 aromatic carbocycles. The number of hydrogen-bond acceptors (Lipinski definition) is 4. The number of aryl methyl sites for hydroxylation is 2. The topological polar surface area (TPSA) is 72.2 Å². The zero-order valence-corrected chi connectivity index (χ0v) is 11.6. The van der Waals surface area contributed by atoms with Crippen LogP contribution in [0.15, 0.2) is 27.6 Å². The minimum absolute atomic E-state index is 0.0830. The van der Waals surface area contributed by atoms with Crippen LogP contribution in [0.5, 0.6) is 0 Å². The van der Waals surface area contributed by atoms with Gasteiger partial charge in [-0.1, -0.05) is 5.16 Å². The lowest BCUT2D eigenvalue weighted by atomic mass is 10.2. The molecule has 1 N–H and O–H groups in total. The van der Waals surface area contributed by atoms with Gasteiger partial charge in [-0.25, -0.2) is 21.9 Å². The summed E-state index contributed by atoms with van der Waals surface area (Å²) in [6.07, 6.45) is 0. The molecule has 1 aromatic heterocycles. The highest BCUT2D eigenvalue weighted by Crippen LogP contribution is 2.17. The monoisotopic (exact) mass is 302 g/mol. The standard InChI is InChI=1S/C12H12F2N2O3S/c1-7-10(8(2)19-16-7)6-15-20(17,18)12-4-3-9(13)5-11(12)14/h3-5,15H,6H2,1-2H3. The lowest BCUT2D eigenvalue weighted by molar-refractivity contribution is 0.392. The molecule has 1 heterocycles. The highest BCUT2D eigenvalue weighted by Gasteiger charge is 2.20. The second kappa shape index (κ2) is 5.29. The molecule has 2 rings (SSSR count). The van der Waals surface area contributed by atoms with E-state index in [1.165, 1.54) is 0 Å². The van der Waals surface area contributed by atoms with Crippen LogP contribution in [0.4, 0.5) is 8.78 Å². The molecule has 0 unspecified atom stereocenters. The smallest absolute Gasteiger partial charge is 0.243 e. The van der Waals surface area contributed by atoms with Crippen LogP contribution in [0.25, 0.3) is 0 Å². The number of halogens is 2. The SMILES string of the molecule is Cc1noc(C)c1CNS(=O)(=O)c1ccc(F)cc1F. The van der Waals surface area contributed by atoms with Crippen LogP contribution >= 0.6 is 0 Å². The Hall–Kier alpha value is -1.80. The molecule has 0 atom stereocenters. The lowest BCUT2D eigenvalue weighted by Gasteiger charge is -2.07. The van der Waals surface area contributed by atoms with E-state index in [-0.39, 0.29) is 6.54 Å². The predicted octanol–water partition coefficient (Wildman–Crippen LogP) is 2.05. The third kappa shape index (κ3) is 2.86. The summed E-state index contributed by atoms with van der Waals surface area (Å²) >= 11 is 0. The number of benzene rings is 1. The maximum atomic E-state index is 13.5. The van der Waals surface area contributed by atoms with Gasteiger partial charge in [0.2, 0.25) is 10.0 Å². The van der Waals surface area contributed by atoms with Crippen LogP contribution in [0.1, 0.15) is 17.0 Å². The van der Waals surface area contributed by atoms with Gasteiger partial charge in [-0.15, -0.1) is 0 Å². The van der Waals surface area contributed by atoms with Crippen LogP contribution in [-0.4, -0.2) is 13.6 Å². The Labute approximate surface area is 114 Å². The van der Waals surface area contributed by atoms with Gasteiger partial charge in [0.05, 0.1) is 5.69 Å². The number of hydrogen-bond donors (Lipinski definition) is 1. The molecule has 0 saturated carbocycles. The molecular formula is C12H12F2N2O3S. The molecule has 0 saturated heterocycles. The number of rotatable bonds is 4. The van der Waals surface area contributed by atoms with Gasteiger partial charge in [0.1, 0.15) is 22.3 Å². The number of nitrogens with one attached hydrogen (secondary N) is 1. The zero-order valence-electron chi connectivity index (χ0n) is 10.8. The lowest BCUT2D eigenvalue weighted by Crippen LogP contribution is -2.24. The molecule has 0 spiro atoms. The zero-order chi connectivity index (χ0) is 14.9. The van der Waals surface area contributed by atoms with Crippen LogP contribution in [0.2, 0.25) is 0 Å². The summed E-state index contributed by atoms with van der Waals surface area (Å²) in [7, 11) is -4.08. The average molecular weight is 302 g/mol. The van der Waals surface area contributed by atoms with Crippen molar-refractivity contribution in [1.29, 1.82) is 0 Å². The fraction of sp³-hybridized carbons (Fsp3) is 0.250. The van der Waals surface area contributed by atoms with Gasteiger partial charge in [0.25, 0.3) is 0 Å². The first-order valence-corrected chi connectivity index (χ1v) is 7.16. The Morgan fingerprint density at radius 1 is 1.30 bits per heavy atom. The molecule has 5 nitrogen and oxygen atoms in total. The first-order valence-electron chi connectivity index (χ1n) is 5.67. The van der Waals surface area contributed by atoms with Gasteiger partial charge in [0, 0.05) is 18.2 Å². The van der Waals surface area contributed by atoms with Crippen molar-refractivity contribution in [2.45, 2.75) is 25.3 Å². The van der Waals surface area contributed by atoms with Crippen molar-refractivity contribution in [2.75, 3.05) is 0 Å². The van der Waals surface area contributed by atoms with E-state index in [0.29, 0.717) is 23.1 Å². The molecule has 0 amide bonds.